The zero-order chi connectivity index (χ0) is 20.6. The Hall–Kier alpha value is -2.41. The molecule has 0 aliphatic carbocycles. The van der Waals surface area contributed by atoms with E-state index >= 15 is 0 Å². The van der Waals surface area contributed by atoms with Crippen molar-refractivity contribution in [2.24, 2.45) is 5.92 Å². The highest BCUT2D eigenvalue weighted by Gasteiger charge is 2.43. The van der Waals surface area contributed by atoms with E-state index in [4.69, 9.17) is 4.74 Å². The van der Waals surface area contributed by atoms with Crippen LogP contribution in [0.4, 0.5) is 13.2 Å². The van der Waals surface area contributed by atoms with Crippen molar-refractivity contribution in [3.05, 3.63) is 59.3 Å². The molecular weight excluding hydrogens is 381 g/mol. The lowest BCUT2D eigenvalue weighted by atomic mass is 9.84. The lowest BCUT2D eigenvalue weighted by Crippen LogP contribution is -2.44. The number of Topliss-reactive ketones (excluding diaryl/α,β-unsaturated/α-hetero) is 1. The molecular formula is C22H23F3N2O2. The lowest BCUT2D eigenvalue weighted by Gasteiger charge is -2.38. The minimum atomic E-state index is -4.62. The highest BCUT2D eigenvalue weighted by molar-refractivity contribution is 5.98. The highest BCUT2D eigenvalue weighted by atomic mass is 19.4. The molecule has 4 rings (SSSR count). The number of fused-ring (bicyclic) bond motifs is 2. The van der Waals surface area contributed by atoms with Crippen LogP contribution in [-0.2, 0) is 12.7 Å². The number of hydrogen-bond donors (Lipinski definition) is 0. The van der Waals surface area contributed by atoms with Crippen LogP contribution in [0.3, 0.4) is 0 Å². The Morgan fingerprint density at radius 2 is 1.83 bits per heavy atom. The Bertz CT molecular complexity index is 871. The second-order valence-corrected chi connectivity index (χ2v) is 7.85. The van der Waals surface area contributed by atoms with Gasteiger partial charge in [0, 0.05) is 36.3 Å². The number of aromatic nitrogens is 1. The topological polar surface area (TPSA) is 42.4 Å². The summed E-state index contributed by atoms with van der Waals surface area (Å²) in [5.74, 6) is -1.02. The molecule has 2 saturated heterocycles. The Labute approximate surface area is 167 Å². The van der Waals surface area contributed by atoms with E-state index in [2.05, 4.69) is 22.0 Å². The van der Waals surface area contributed by atoms with Gasteiger partial charge in [-0.15, -0.1) is 0 Å². The maximum atomic E-state index is 13.3. The van der Waals surface area contributed by atoms with Crippen molar-refractivity contribution >= 4 is 5.78 Å². The molecule has 2 aromatic rings. The summed E-state index contributed by atoms with van der Waals surface area (Å²) in [7, 11) is 1.14. The fourth-order valence-corrected chi connectivity index (χ4v) is 4.73. The van der Waals surface area contributed by atoms with E-state index in [0.717, 1.165) is 32.6 Å². The predicted octanol–water partition coefficient (Wildman–Crippen LogP) is 4.73. The number of ketones is 1. The van der Waals surface area contributed by atoms with Crippen LogP contribution in [0.2, 0.25) is 0 Å². The largest absolute Gasteiger partial charge is 0.481 e. The van der Waals surface area contributed by atoms with Crippen LogP contribution >= 0.6 is 0 Å². The molecule has 2 aliphatic rings. The molecule has 2 fully saturated rings. The van der Waals surface area contributed by atoms with Crippen molar-refractivity contribution < 1.29 is 22.7 Å². The van der Waals surface area contributed by atoms with Crippen LogP contribution in [0.5, 0.6) is 5.88 Å². The smallest absolute Gasteiger partial charge is 0.421 e. The minimum Gasteiger partial charge on any atom is -0.481 e. The summed E-state index contributed by atoms with van der Waals surface area (Å²) >= 11 is 0. The lowest BCUT2D eigenvalue weighted by molar-refractivity contribution is -0.139. The number of nitrogens with zero attached hydrogens (tertiary/aromatic N) is 2. The molecule has 0 radical (unpaired) electrons. The van der Waals surface area contributed by atoms with Crippen molar-refractivity contribution in [2.45, 2.75) is 50.5 Å². The van der Waals surface area contributed by atoms with E-state index in [1.54, 1.807) is 0 Å². The molecule has 1 aromatic carbocycles. The number of piperidine rings is 1. The molecule has 2 aliphatic heterocycles. The Morgan fingerprint density at radius 3 is 2.41 bits per heavy atom. The third-order valence-corrected chi connectivity index (χ3v) is 6.10. The van der Waals surface area contributed by atoms with E-state index < -0.39 is 17.6 Å². The number of carbonyl (C=O) groups excluding carboxylic acids is 1. The Kier molecular flexibility index (Phi) is 5.34. The molecule has 154 valence electrons. The number of carbonyl (C=O) groups is 1. The summed E-state index contributed by atoms with van der Waals surface area (Å²) in [4.78, 5) is 19.2. The molecule has 2 bridgehead atoms. The van der Waals surface area contributed by atoms with Gasteiger partial charge in [0.2, 0.25) is 5.88 Å². The summed E-state index contributed by atoms with van der Waals surface area (Å²) in [6, 6.07) is 11.7. The molecule has 0 saturated carbocycles. The van der Waals surface area contributed by atoms with Crippen molar-refractivity contribution in [3.8, 4) is 5.88 Å². The highest BCUT2D eigenvalue weighted by Crippen LogP contribution is 2.41. The second-order valence-electron chi connectivity index (χ2n) is 7.85. The van der Waals surface area contributed by atoms with Crippen molar-refractivity contribution in [1.29, 1.82) is 0 Å². The van der Waals surface area contributed by atoms with Crippen molar-refractivity contribution in [2.75, 3.05) is 7.11 Å². The minimum absolute atomic E-state index is 0.0130. The summed E-state index contributed by atoms with van der Waals surface area (Å²) < 4.78 is 44.5. The van der Waals surface area contributed by atoms with E-state index in [1.807, 2.05) is 18.2 Å². The van der Waals surface area contributed by atoms with Gasteiger partial charge < -0.3 is 4.74 Å². The number of benzene rings is 1. The van der Waals surface area contributed by atoms with Gasteiger partial charge in [0.05, 0.1) is 7.11 Å². The zero-order valence-electron chi connectivity index (χ0n) is 16.2. The molecule has 4 nitrogen and oxygen atoms in total. The van der Waals surface area contributed by atoms with E-state index in [0.29, 0.717) is 12.8 Å². The average Bonchev–Trinajstić information content (AvgIpc) is 2.94. The number of rotatable bonds is 5. The number of hydrogen-bond acceptors (Lipinski definition) is 4. The van der Waals surface area contributed by atoms with Crippen LogP contribution in [0.15, 0.2) is 42.6 Å². The van der Waals surface area contributed by atoms with Crippen LogP contribution in [0.25, 0.3) is 0 Å². The van der Waals surface area contributed by atoms with Gasteiger partial charge in [0.25, 0.3) is 0 Å². The molecule has 0 amide bonds. The quantitative estimate of drug-likeness (QED) is 0.676. The fraction of sp³-hybridized carbons (Fsp3) is 0.455. The first kappa shape index (κ1) is 19.9. The monoisotopic (exact) mass is 404 g/mol. The number of halogens is 3. The van der Waals surface area contributed by atoms with Gasteiger partial charge in [-0.1, -0.05) is 30.3 Å². The normalized spacial score (nSPS) is 24.5. The summed E-state index contributed by atoms with van der Waals surface area (Å²) in [6.07, 6.45) is -0.0155. The number of ether oxygens (including phenoxy) is 1. The predicted molar refractivity (Wildman–Crippen MR) is 102 cm³/mol. The third kappa shape index (κ3) is 4.01. The first-order chi connectivity index (χ1) is 13.9. The standard InChI is InChI=1S/C22H23F3N2O2/c1-29-21-19(22(23,24)25)11-16(12-26-21)20(28)15-9-17-7-8-18(10-15)27(17)13-14-5-3-2-4-6-14/h2-6,11-12,15,17-18H,7-10,13H2,1H3. The Morgan fingerprint density at radius 1 is 1.17 bits per heavy atom. The molecule has 0 N–H and O–H groups in total. The van der Waals surface area contributed by atoms with Crippen LogP contribution < -0.4 is 4.74 Å². The number of methoxy groups -OCH3 is 1. The van der Waals surface area contributed by atoms with E-state index in [9.17, 15) is 18.0 Å². The summed E-state index contributed by atoms with van der Waals surface area (Å²) in [5.41, 5.74) is 0.248. The van der Waals surface area contributed by atoms with Crippen LogP contribution in [0.1, 0.15) is 47.2 Å². The second kappa shape index (κ2) is 7.78. The van der Waals surface area contributed by atoms with Crippen LogP contribution in [-0.4, -0.2) is 34.9 Å². The van der Waals surface area contributed by atoms with Crippen molar-refractivity contribution in [1.82, 2.24) is 9.88 Å². The molecule has 3 heterocycles. The van der Waals surface area contributed by atoms with Gasteiger partial charge >= 0.3 is 6.18 Å². The zero-order valence-corrected chi connectivity index (χ0v) is 16.2. The van der Waals surface area contributed by atoms with Gasteiger partial charge in [-0.3, -0.25) is 9.69 Å². The Balaban J connectivity index is 1.50. The van der Waals surface area contributed by atoms with Gasteiger partial charge in [-0.2, -0.15) is 13.2 Å². The molecule has 7 heteroatoms. The fourth-order valence-electron chi connectivity index (χ4n) is 4.73. The summed E-state index contributed by atoms with van der Waals surface area (Å²) in [6.45, 7) is 0.847. The number of pyridine rings is 1. The molecule has 1 aromatic heterocycles. The van der Waals surface area contributed by atoms with E-state index in [-0.39, 0.29) is 29.3 Å². The van der Waals surface area contributed by atoms with Crippen LogP contribution in [0, 0.1) is 5.92 Å². The molecule has 0 spiro atoms. The van der Waals surface area contributed by atoms with Gasteiger partial charge in [0.15, 0.2) is 5.78 Å². The summed E-state index contributed by atoms with van der Waals surface area (Å²) in [5, 5.41) is 0. The van der Waals surface area contributed by atoms with Crippen molar-refractivity contribution in [3.63, 3.8) is 0 Å². The van der Waals surface area contributed by atoms with Gasteiger partial charge in [-0.05, 0) is 37.3 Å². The maximum Gasteiger partial charge on any atom is 0.421 e. The third-order valence-electron chi connectivity index (χ3n) is 6.10. The SMILES string of the molecule is COc1ncc(C(=O)C2CC3CCC(C2)N3Cc2ccccc2)cc1C(F)(F)F. The van der Waals surface area contributed by atoms with E-state index in [1.165, 1.54) is 11.8 Å². The van der Waals surface area contributed by atoms with Gasteiger partial charge in [0.1, 0.15) is 5.56 Å². The molecule has 2 unspecified atom stereocenters. The maximum absolute atomic E-state index is 13.3. The first-order valence-electron chi connectivity index (χ1n) is 9.82. The molecule has 2 atom stereocenters. The van der Waals surface area contributed by atoms with Gasteiger partial charge in [-0.25, -0.2) is 4.98 Å². The molecule has 29 heavy (non-hydrogen) atoms. The average molecular weight is 404 g/mol. The first-order valence-corrected chi connectivity index (χ1v) is 9.82. The number of alkyl halides is 3.